The number of ether oxygens (including phenoxy) is 1. The third kappa shape index (κ3) is 7.73. The maximum Gasteiger partial charge on any atom is 0.219 e. The number of piperazine rings is 1. The van der Waals surface area contributed by atoms with E-state index in [9.17, 15) is 4.79 Å². The standard InChI is InChI=1S/C19H29ClN4O2.HI/c1-4-21-19(24-11-9-23(10-12-24)16(3)25)22-8-5-13-26-18-7-6-17(20)14-15(18)2;/h6-7,14H,4-5,8-13H2,1-3H3,(H,21,22);1H. The number of carbonyl (C=O) groups is 1. The quantitative estimate of drug-likeness (QED) is 0.278. The molecule has 1 saturated heterocycles. The van der Waals surface area contributed by atoms with Gasteiger partial charge in [0, 0.05) is 57.6 Å². The molecule has 6 nitrogen and oxygen atoms in total. The first kappa shape index (κ1) is 23.8. The molecule has 0 atom stereocenters. The highest BCUT2D eigenvalue weighted by Gasteiger charge is 2.20. The van der Waals surface area contributed by atoms with E-state index in [1.54, 1.807) is 6.92 Å². The number of carbonyl (C=O) groups excluding carboxylic acids is 1. The van der Waals surface area contributed by atoms with Crippen LogP contribution in [0, 0.1) is 6.92 Å². The Bertz CT molecular complexity index is 634. The minimum atomic E-state index is 0. The molecule has 0 bridgehead atoms. The third-order valence-corrected chi connectivity index (χ3v) is 4.55. The molecular weight excluding hydrogens is 479 g/mol. The Labute approximate surface area is 184 Å². The first-order valence-electron chi connectivity index (χ1n) is 9.19. The van der Waals surface area contributed by atoms with E-state index in [1.165, 1.54) is 0 Å². The Morgan fingerprint density at radius 3 is 2.52 bits per heavy atom. The predicted molar refractivity (Wildman–Crippen MR) is 122 cm³/mol. The molecule has 1 fully saturated rings. The maximum atomic E-state index is 11.4. The molecule has 27 heavy (non-hydrogen) atoms. The number of halogens is 2. The lowest BCUT2D eigenvalue weighted by atomic mass is 10.2. The molecule has 1 amide bonds. The topological polar surface area (TPSA) is 57.2 Å². The summed E-state index contributed by atoms with van der Waals surface area (Å²) in [5, 5.41) is 4.06. The molecule has 0 radical (unpaired) electrons. The van der Waals surface area contributed by atoms with Crippen LogP contribution in [0.3, 0.4) is 0 Å². The van der Waals surface area contributed by atoms with Crippen molar-refractivity contribution in [1.29, 1.82) is 0 Å². The van der Waals surface area contributed by atoms with E-state index in [2.05, 4.69) is 17.1 Å². The van der Waals surface area contributed by atoms with Gasteiger partial charge in [-0.3, -0.25) is 9.79 Å². The molecule has 1 heterocycles. The number of nitrogens with one attached hydrogen (secondary N) is 1. The highest BCUT2D eigenvalue weighted by atomic mass is 127. The number of aryl methyl sites for hydroxylation is 1. The van der Waals surface area contributed by atoms with Gasteiger partial charge in [0.2, 0.25) is 5.91 Å². The van der Waals surface area contributed by atoms with E-state index in [-0.39, 0.29) is 29.9 Å². The lowest BCUT2D eigenvalue weighted by molar-refractivity contribution is -0.130. The number of aliphatic imine (C=N–C) groups is 1. The zero-order chi connectivity index (χ0) is 18.9. The Kier molecular flexibility index (Phi) is 10.8. The van der Waals surface area contributed by atoms with Crippen LogP contribution >= 0.6 is 35.6 Å². The number of nitrogens with zero attached hydrogens (tertiary/aromatic N) is 3. The molecular formula is C19H30ClIN4O2. The largest absolute Gasteiger partial charge is 0.493 e. The fraction of sp³-hybridized carbons (Fsp3) is 0.579. The third-order valence-electron chi connectivity index (χ3n) is 4.32. The van der Waals surface area contributed by atoms with Crippen LogP contribution in [0.25, 0.3) is 0 Å². The summed E-state index contributed by atoms with van der Waals surface area (Å²) in [4.78, 5) is 20.2. The van der Waals surface area contributed by atoms with Crippen molar-refractivity contribution in [2.45, 2.75) is 27.2 Å². The van der Waals surface area contributed by atoms with Gasteiger partial charge in [0.15, 0.2) is 5.96 Å². The molecule has 0 aliphatic carbocycles. The molecule has 1 aromatic carbocycles. The molecule has 0 aromatic heterocycles. The predicted octanol–water partition coefficient (Wildman–Crippen LogP) is 3.16. The lowest BCUT2D eigenvalue weighted by Gasteiger charge is -2.36. The zero-order valence-electron chi connectivity index (χ0n) is 16.3. The van der Waals surface area contributed by atoms with Gasteiger partial charge in [-0.1, -0.05) is 11.6 Å². The van der Waals surface area contributed by atoms with Crippen molar-refractivity contribution in [1.82, 2.24) is 15.1 Å². The fourth-order valence-electron chi connectivity index (χ4n) is 2.87. The van der Waals surface area contributed by atoms with Crippen LogP contribution in [0.2, 0.25) is 5.02 Å². The second-order valence-electron chi connectivity index (χ2n) is 6.34. The smallest absolute Gasteiger partial charge is 0.219 e. The van der Waals surface area contributed by atoms with Crippen molar-refractivity contribution in [2.24, 2.45) is 4.99 Å². The molecule has 8 heteroatoms. The SMILES string of the molecule is CCNC(=NCCCOc1ccc(Cl)cc1C)N1CCN(C(C)=O)CC1.I. The molecule has 0 unspecified atom stereocenters. The lowest BCUT2D eigenvalue weighted by Crippen LogP contribution is -2.53. The number of amides is 1. The normalized spacial score (nSPS) is 14.6. The molecule has 1 aliphatic heterocycles. The van der Waals surface area contributed by atoms with Crippen molar-refractivity contribution in [3.8, 4) is 5.75 Å². The highest BCUT2D eigenvalue weighted by molar-refractivity contribution is 14.0. The summed E-state index contributed by atoms with van der Waals surface area (Å²) >= 11 is 5.96. The highest BCUT2D eigenvalue weighted by Crippen LogP contribution is 2.21. The van der Waals surface area contributed by atoms with Gasteiger partial charge in [-0.05, 0) is 37.6 Å². The monoisotopic (exact) mass is 508 g/mol. The molecule has 1 aromatic rings. The second kappa shape index (κ2) is 12.3. The zero-order valence-corrected chi connectivity index (χ0v) is 19.4. The Balaban J connectivity index is 0.00000364. The minimum Gasteiger partial charge on any atom is -0.493 e. The van der Waals surface area contributed by atoms with E-state index >= 15 is 0 Å². The van der Waals surface area contributed by atoms with Gasteiger partial charge in [0.25, 0.3) is 0 Å². The summed E-state index contributed by atoms with van der Waals surface area (Å²) in [6, 6.07) is 5.64. The second-order valence-corrected chi connectivity index (χ2v) is 6.78. The molecule has 0 spiro atoms. The first-order chi connectivity index (χ1) is 12.5. The number of guanidine groups is 1. The molecule has 2 rings (SSSR count). The summed E-state index contributed by atoms with van der Waals surface area (Å²) in [7, 11) is 0. The van der Waals surface area contributed by atoms with Crippen LogP contribution in [0.5, 0.6) is 5.75 Å². The van der Waals surface area contributed by atoms with Gasteiger partial charge in [-0.25, -0.2) is 0 Å². The summed E-state index contributed by atoms with van der Waals surface area (Å²) in [6.07, 6.45) is 0.838. The van der Waals surface area contributed by atoms with E-state index in [4.69, 9.17) is 21.3 Å². The molecule has 1 aliphatic rings. The van der Waals surface area contributed by atoms with Crippen LogP contribution in [-0.2, 0) is 4.79 Å². The van der Waals surface area contributed by atoms with Crippen molar-refractivity contribution < 1.29 is 9.53 Å². The van der Waals surface area contributed by atoms with E-state index in [0.29, 0.717) is 13.2 Å². The molecule has 0 saturated carbocycles. The fourth-order valence-corrected chi connectivity index (χ4v) is 3.09. The van der Waals surface area contributed by atoms with E-state index in [0.717, 1.165) is 61.4 Å². The Morgan fingerprint density at radius 1 is 1.26 bits per heavy atom. The number of benzene rings is 1. The van der Waals surface area contributed by atoms with Gasteiger partial charge in [-0.2, -0.15) is 0 Å². The number of rotatable bonds is 6. The number of hydrogen-bond donors (Lipinski definition) is 1. The summed E-state index contributed by atoms with van der Waals surface area (Å²) < 4.78 is 5.81. The van der Waals surface area contributed by atoms with Crippen molar-refractivity contribution in [2.75, 3.05) is 45.9 Å². The Hall–Kier alpha value is -1.22. The average Bonchev–Trinajstić information content (AvgIpc) is 2.62. The van der Waals surface area contributed by atoms with Crippen molar-refractivity contribution >= 4 is 47.4 Å². The van der Waals surface area contributed by atoms with Gasteiger partial charge < -0.3 is 19.9 Å². The Morgan fingerprint density at radius 2 is 1.93 bits per heavy atom. The van der Waals surface area contributed by atoms with E-state index in [1.807, 2.05) is 30.0 Å². The van der Waals surface area contributed by atoms with Crippen molar-refractivity contribution in [3.63, 3.8) is 0 Å². The van der Waals surface area contributed by atoms with Crippen LogP contribution in [0.4, 0.5) is 0 Å². The van der Waals surface area contributed by atoms with Crippen LogP contribution in [0.1, 0.15) is 25.8 Å². The maximum absolute atomic E-state index is 11.4. The van der Waals surface area contributed by atoms with Gasteiger partial charge in [-0.15, -0.1) is 24.0 Å². The van der Waals surface area contributed by atoms with Crippen LogP contribution < -0.4 is 10.1 Å². The van der Waals surface area contributed by atoms with Crippen LogP contribution in [0.15, 0.2) is 23.2 Å². The van der Waals surface area contributed by atoms with E-state index < -0.39 is 0 Å². The van der Waals surface area contributed by atoms with Crippen LogP contribution in [-0.4, -0.2) is 67.5 Å². The van der Waals surface area contributed by atoms with Crippen molar-refractivity contribution in [3.05, 3.63) is 28.8 Å². The first-order valence-corrected chi connectivity index (χ1v) is 9.56. The minimum absolute atomic E-state index is 0. The summed E-state index contributed by atoms with van der Waals surface area (Å²) in [6.45, 7) is 10.9. The molecule has 152 valence electrons. The summed E-state index contributed by atoms with van der Waals surface area (Å²) in [5.74, 6) is 1.92. The summed E-state index contributed by atoms with van der Waals surface area (Å²) in [5.41, 5.74) is 1.04. The molecule has 1 N–H and O–H groups in total. The number of hydrogen-bond acceptors (Lipinski definition) is 3. The average molecular weight is 509 g/mol. The van der Waals surface area contributed by atoms with Gasteiger partial charge in [0.1, 0.15) is 5.75 Å². The van der Waals surface area contributed by atoms with Gasteiger partial charge >= 0.3 is 0 Å². The van der Waals surface area contributed by atoms with Gasteiger partial charge in [0.05, 0.1) is 6.61 Å².